The van der Waals surface area contributed by atoms with E-state index in [1.807, 2.05) is 10.9 Å². The molecule has 1 aromatic carbocycles. The number of aliphatic carboxylic acids is 1. The van der Waals surface area contributed by atoms with E-state index in [1.54, 1.807) is 12.3 Å². The van der Waals surface area contributed by atoms with Crippen molar-refractivity contribution in [1.29, 1.82) is 5.26 Å². The van der Waals surface area contributed by atoms with E-state index in [1.165, 1.54) is 36.3 Å². The van der Waals surface area contributed by atoms with Gasteiger partial charge in [0.2, 0.25) is 6.29 Å². The SMILES string of the molecule is CN(C(=O)n1ccc2c(-c3cnn([C@H](CC#N)C4CCCC4)c3)ncnc21)c1cc([N+](=O)[O-])ccc1O[C@H]1C[C@@H](O)C[C@@H](C(=O)O)O1. The van der Waals surface area contributed by atoms with Crippen LogP contribution in [0.25, 0.3) is 22.3 Å². The maximum absolute atomic E-state index is 13.9. The number of non-ortho nitro benzene ring substituents is 1. The molecule has 4 atom stereocenters. The van der Waals surface area contributed by atoms with Gasteiger partial charge in [0, 0.05) is 55.4 Å². The molecule has 2 fully saturated rings. The van der Waals surface area contributed by atoms with Crippen LogP contribution in [-0.4, -0.2) is 77.0 Å². The van der Waals surface area contributed by atoms with Crippen LogP contribution in [0.3, 0.4) is 0 Å². The molecule has 1 aliphatic heterocycles. The lowest BCUT2D eigenvalue weighted by molar-refractivity contribution is -0.384. The molecular formula is C31H32N8O8. The average Bonchev–Trinajstić information content (AvgIpc) is 3.84. The summed E-state index contributed by atoms with van der Waals surface area (Å²) in [5.74, 6) is -0.890. The monoisotopic (exact) mass is 644 g/mol. The molecular weight excluding hydrogens is 612 g/mol. The number of nitrogens with zero attached hydrogens (tertiary/aromatic N) is 8. The summed E-state index contributed by atoms with van der Waals surface area (Å²) in [5, 5.41) is 45.8. The van der Waals surface area contributed by atoms with Crippen molar-refractivity contribution >= 4 is 34.4 Å². The van der Waals surface area contributed by atoms with Gasteiger partial charge in [-0.05, 0) is 30.9 Å². The fraction of sp³-hybridized carbons (Fsp3) is 0.419. The lowest BCUT2D eigenvalue weighted by Gasteiger charge is -2.32. The number of carboxylic acids is 1. The number of anilines is 1. The number of benzene rings is 1. The maximum Gasteiger partial charge on any atom is 0.334 e. The summed E-state index contributed by atoms with van der Waals surface area (Å²) in [7, 11) is 1.40. The number of rotatable bonds is 9. The summed E-state index contributed by atoms with van der Waals surface area (Å²) in [4.78, 5) is 46.4. The first-order valence-corrected chi connectivity index (χ1v) is 15.2. The van der Waals surface area contributed by atoms with Crippen molar-refractivity contribution in [3.8, 4) is 23.1 Å². The quantitative estimate of drug-likeness (QED) is 0.193. The number of carbonyl (C=O) groups is 2. The van der Waals surface area contributed by atoms with Crippen LogP contribution < -0.4 is 9.64 Å². The summed E-state index contributed by atoms with van der Waals surface area (Å²) in [6.45, 7) is 0. The van der Waals surface area contributed by atoms with Crippen LogP contribution in [0.15, 0.2) is 49.2 Å². The largest absolute Gasteiger partial charge is 0.479 e. The second kappa shape index (κ2) is 13.1. The van der Waals surface area contributed by atoms with Gasteiger partial charge in [-0.2, -0.15) is 10.4 Å². The second-order valence-electron chi connectivity index (χ2n) is 11.7. The molecule has 16 heteroatoms. The van der Waals surface area contributed by atoms with Crippen molar-refractivity contribution in [3.05, 3.63) is 59.3 Å². The molecule has 244 valence electrons. The molecule has 0 radical (unpaired) electrons. The molecule has 6 rings (SSSR count). The Bertz CT molecular complexity index is 1860. The topological polar surface area (TPSA) is 212 Å². The number of nitro benzene ring substituents is 1. The fourth-order valence-corrected chi connectivity index (χ4v) is 6.37. The molecule has 0 spiro atoms. The highest BCUT2D eigenvalue weighted by Gasteiger charge is 2.35. The third kappa shape index (κ3) is 6.35. The zero-order valence-corrected chi connectivity index (χ0v) is 25.4. The third-order valence-corrected chi connectivity index (χ3v) is 8.75. The summed E-state index contributed by atoms with van der Waals surface area (Å²) in [5.41, 5.74) is 1.21. The Labute approximate surface area is 267 Å². The molecule has 1 saturated carbocycles. The van der Waals surface area contributed by atoms with E-state index >= 15 is 0 Å². The molecule has 3 aromatic heterocycles. The fourth-order valence-electron chi connectivity index (χ4n) is 6.37. The molecule has 1 aliphatic carbocycles. The predicted molar refractivity (Wildman–Crippen MR) is 164 cm³/mol. The Kier molecular flexibility index (Phi) is 8.83. The minimum atomic E-state index is -1.31. The maximum atomic E-state index is 13.9. The van der Waals surface area contributed by atoms with Gasteiger partial charge in [0.05, 0.1) is 47.1 Å². The van der Waals surface area contributed by atoms with E-state index in [2.05, 4.69) is 21.1 Å². The van der Waals surface area contributed by atoms with Crippen molar-refractivity contribution in [2.24, 2.45) is 5.92 Å². The van der Waals surface area contributed by atoms with Crippen LogP contribution in [0, 0.1) is 27.4 Å². The summed E-state index contributed by atoms with van der Waals surface area (Å²) >= 11 is 0. The molecule has 4 heterocycles. The van der Waals surface area contributed by atoms with E-state index in [9.17, 15) is 35.2 Å². The summed E-state index contributed by atoms with van der Waals surface area (Å²) in [6.07, 6.45) is 7.42. The number of carbonyl (C=O) groups excluding carboxylic acids is 1. The van der Waals surface area contributed by atoms with Gasteiger partial charge in [0.15, 0.2) is 11.8 Å². The number of carboxylic acid groups (broad SMARTS) is 1. The molecule has 16 nitrogen and oxygen atoms in total. The minimum Gasteiger partial charge on any atom is -0.479 e. The predicted octanol–water partition coefficient (Wildman–Crippen LogP) is 4.28. The number of aromatic nitrogens is 5. The van der Waals surface area contributed by atoms with E-state index < -0.39 is 35.4 Å². The number of amides is 1. The van der Waals surface area contributed by atoms with Crippen LogP contribution in [0.4, 0.5) is 16.2 Å². The van der Waals surface area contributed by atoms with Crippen molar-refractivity contribution in [1.82, 2.24) is 24.3 Å². The molecule has 0 unspecified atom stereocenters. The highest BCUT2D eigenvalue weighted by atomic mass is 16.7. The van der Waals surface area contributed by atoms with Gasteiger partial charge in [-0.3, -0.25) is 24.3 Å². The van der Waals surface area contributed by atoms with Crippen LogP contribution in [-0.2, 0) is 9.53 Å². The molecule has 1 saturated heterocycles. The number of hydrogen-bond acceptors (Lipinski definition) is 11. The number of hydrogen-bond donors (Lipinski definition) is 2. The van der Waals surface area contributed by atoms with Gasteiger partial charge in [-0.1, -0.05) is 12.8 Å². The number of nitriles is 1. The Morgan fingerprint density at radius 3 is 2.77 bits per heavy atom. The van der Waals surface area contributed by atoms with Crippen LogP contribution in [0.2, 0.25) is 0 Å². The van der Waals surface area contributed by atoms with E-state index in [0.717, 1.165) is 36.6 Å². The summed E-state index contributed by atoms with van der Waals surface area (Å²) < 4.78 is 14.4. The Morgan fingerprint density at radius 1 is 1.26 bits per heavy atom. The highest BCUT2D eigenvalue weighted by molar-refractivity contribution is 6.02. The number of aliphatic hydroxyl groups is 1. The van der Waals surface area contributed by atoms with Gasteiger partial charge in [0.25, 0.3) is 5.69 Å². The van der Waals surface area contributed by atoms with Gasteiger partial charge in [-0.25, -0.2) is 19.6 Å². The van der Waals surface area contributed by atoms with Crippen LogP contribution in [0.1, 0.15) is 51.0 Å². The van der Waals surface area contributed by atoms with Crippen molar-refractivity contribution in [2.75, 3.05) is 11.9 Å². The average molecular weight is 645 g/mol. The van der Waals surface area contributed by atoms with Crippen molar-refractivity contribution in [2.45, 2.75) is 69.5 Å². The van der Waals surface area contributed by atoms with Gasteiger partial charge in [-0.15, -0.1) is 0 Å². The number of ether oxygens (including phenoxy) is 2. The van der Waals surface area contributed by atoms with Crippen LogP contribution in [0.5, 0.6) is 5.75 Å². The van der Waals surface area contributed by atoms with Gasteiger partial charge in [0.1, 0.15) is 12.1 Å². The zero-order valence-electron chi connectivity index (χ0n) is 25.4. The lowest BCUT2D eigenvalue weighted by Crippen LogP contribution is -2.42. The number of aliphatic hydroxyl groups excluding tert-OH is 1. The van der Waals surface area contributed by atoms with E-state index in [-0.39, 0.29) is 41.7 Å². The minimum absolute atomic E-state index is 0.00284. The van der Waals surface area contributed by atoms with Crippen LogP contribution >= 0.6 is 0 Å². The first kappa shape index (κ1) is 31.6. The Hall–Kier alpha value is -5.40. The van der Waals surface area contributed by atoms with Crippen molar-refractivity contribution < 1.29 is 34.2 Å². The van der Waals surface area contributed by atoms with E-state index in [4.69, 9.17) is 9.47 Å². The molecule has 2 aliphatic rings. The molecule has 2 N–H and O–H groups in total. The first-order valence-electron chi connectivity index (χ1n) is 15.2. The van der Waals surface area contributed by atoms with Crippen molar-refractivity contribution in [3.63, 3.8) is 0 Å². The molecule has 47 heavy (non-hydrogen) atoms. The Balaban J connectivity index is 1.30. The molecule has 0 bridgehead atoms. The number of fused-ring (bicyclic) bond motifs is 1. The Morgan fingerprint density at radius 2 is 2.04 bits per heavy atom. The smallest absolute Gasteiger partial charge is 0.334 e. The van der Waals surface area contributed by atoms with Gasteiger partial charge >= 0.3 is 12.0 Å². The lowest BCUT2D eigenvalue weighted by atomic mass is 9.96. The van der Waals surface area contributed by atoms with E-state index in [0.29, 0.717) is 29.0 Å². The normalized spacial score (nSPS) is 20.5. The summed E-state index contributed by atoms with van der Waals surface area (Å²) in [6, 6.07) is 6.92. The standard InChI is InChI=1S/C31H32N8O8/c1-36(24-12-20(39(44)45)6-7-25(24)46-27-14-21(40)13-26(47-27)30(41)42)31(43)37-11-9-22-28(33-17-34-29(22)37)19-15-35-38(16-19)23(8-10-32)18-4-2-3-5-18/h6-7,9,11-12,15-18,21,23,26-27,40H,2-5,8,13-14H2,1H3,(H,41,42)/t21-,23+,26-,27+/m0/s1. The first-order chi connectivity index (χ1) is 22.6. The molecule has 4 aromatic rings. The third-order valence-electron chi connectivity index (χ3n) is 8.75. The number of nitro groups is 1. The van der Waals surface area contributed by atoms with Gasteiger partial charge < -0.3 is 19.7 Å². The second-order valence-corrected chi connectivity index (χ2v) is 11.7. The molecule has 1 amide bonds. The highest BCUT2D eigenvalue weighted by Crippen LogP contribution is 2.38. The zero-order chi connectivity index (χ0) is 33.2.